The minimum absolute atomic E-state index is 0.00446. The van der Waals surface area contributed by atoms with E-state index in [-0.39, 0.29) is 54.9 Å². The number of rotatable bonds is 11. The number of carboxylic acids is 1. The summed E-state index contributed by atoms with van der Waals surface area (Å²) in [6.07, 6.45) is -2.26. The van der Waals surface area contributed by atoms with Gasteiger partial charge in [-0.15, -0.1) is 0 Å². The maximum absolute atomic E-state index is 11.8. The second kappa shape index (κ2) is 17.6. The van der Waals surface area contributed by atoms with Gasteiger partial charge < -0.3 is 72.9 Å². The first-order valence-electron chi connectivity index (χ1n) is 22.9. The van der Waals surface area contributed by atoms with Crippen LogP contribution in [0.2, 0.25) is 0 Å². The first kappa shape index (κ1) is 47.9. The fourth-order valence-corrected chi connectivity index (χ4v) is 12.0. The molecule has 0 bridgehead atoms. The van der Waals surface area contributed by atoms with Gasteiger partial charge in [0.25, 0.3) is 0 Å². The van der Waals surface area contributed by atoms with E-state index >= 15 is 0 Å². The second-order valence-corrected chi connectivity index (χ2v) is 20.7. The van der Waals surface area contributed by atoms with E-state index in [4.69, 9.17) is 47.4 Å². The molecule has 7 aliphatic heterocycles. The monoisotopic (exact) mass is 873 g/mol. The molecule has 61 heavy (non-hydrogen) atoms. The standard InChI is InChI=1S/C45H76O16/c1-22-18-23(2)43(9,50)58-36(22)30-19-31(55-34-13-12-29(52-10)27(6)54-34)40(56-30)42(8)15-14-32(57-42)41(7)16-17-44(61-41)20-28(46)24(3)37(59-44)25(4)38-39(53-11)35(49)26(5)45(51,60-38)21-33(47)48/h22-32,34-40,46,49-51H,12-21H2,1-11H3,(H,47,48)/t22-,23+,24+,25+,26-,27+,28-,29-,30+,31-,32+,34-,35-,36-,37-,38+,39+,40+,41-,42-,43-,44+,45+/m0/s1. The summed E-state index contributed by atoms with van der Waals surface area (Å²) in [6, 6.07) is 0. The lowest BCUT2D eigenvalue weighted by molar-refractivity contribution is -0.363. The minimum atomic E-state index is -2.15. The van der Waals surface area contributed by atoms with Gasteiger partial charge in [0.15, 0.2) is 23.7 Å². The highest BCUT2D eigenvalue weighted by molar-refractivity contribution is 5.68. The molecule has 7 saturated heterocycles. The highest BCUT2D eigenvalue weighted by Gasteiger charge is 2.63. The second-order valence-electron chi connectivity index (χ2n) is 20.7. The third kappa shape index (κ3) is 9.09. The smallest absolute Gasteiger partial charge is 0.308 e. The highest BCUT2D eigenvalue weighted by Crippen LogP contribution is 2.54. The lowest BCUT2D eigenvalue weighted by Gasteiger charge is -2.53. The van der Waals surface area contributed by atoms with Crippen LogP contribution in [0.25, 0.3) is 0 Å². The summed E-state index contributed by atoms with van der Waals surface area (Å²) in [5.41, 5.74) is -1.57. The fraction of sp³-hybridized carbons (Fsp3) is 0.978. The van der Waals surface area contributed by atoms with E-state index in [1.165, 1.54) is 14.0 Å². The molecule has 23 atom stereocenters. The number of hydrogen-bond acceptors (Lipinski definition) is 15. The van der Waals surface area contributed by atoms with E-state index < -0.39 is 102 Å². The number of carbonyl (C=O) groups is 1. The topological polar surface area (TPSA) is 211 Å². The molecule has 5 N–H and O–H groups in total. The Hall–Kier alpha value is -1.09. The Labute approximate surface area is 361 Å². The molecule has 16 heteroatoms. The molecular formula is C45H76O16. The third-order valence-electron chi connectivity index (χ3n) is 16.2. The van der Waals surface area contributed by atoms with Crippen molar-refractivity contribution in [1.29, 1.82) is 0 Å². The van der Waals surface area contributed by atoms with Crippen molar-refractivity contribution in [3.05, 3.63) is 0 Å². The van der Waals surface area contributed by atoms with E-state index in [0.717, 1.165) is 12.8 Å². The molecule has 7 rings (SSSR count). The number of carboxylic acid groups (broad SMARTS) is 1. The van der Waals surface area contributed by atoms with Crippen LogP contribution < -0.4 is 0 Å². The molecule has 0 aromatic rings. The number of aliphatic hydroxyl groups is 4. The summed E-state index contributed by atoms with van der Waals surface area (Å²) < 4.78 is 65.1. The van der Waals surface area contributed by atoms with Gasteiger partial charge in [-0.05, 0) is 65.7 Å². The van der Waals surface area contributed by atoms with Crippen LogP contribution in [0.1, 0.15) is 127 Å². The number of aliphatic hydroxyl groups excluding tert-OH is 2. The molecule has 0 amide bonds. The average Bonchev–Trinajstić information content (AvgIpc) is 3.89. The van der Waals surface area contributed by atoms with E-state index in [9.17, 15) is 30.3 Å². The van der Waals surface area contributed by atoms with Crippen LogP contribution in [-0.4, -0.2) is 154 Å². The van der Waals surface area contributed by atoms with Gasteiger partial charge in [-0.25, -0.2) is 0 Å². The molecule has 16 nitrogen and oxygen atoms in total. The lowest BCUT2D eigenvalue weighted by Crippen LogP contribution is -2.65. The largest absolute Gasteiger partial charge is 0.481 e. The molecule has 0 aliphatic carbocycles. The first-order valence-corrected chi connectivity index (χ1v) is 22.9. The van der Waals surface area contributed by atoms with Crippen molar-refractivity contribution in [2.24, 2.45) is 29.6 Å². The number of hydrogen-bond donors (Lipinski definition) is 5. The first-order chi connectivity index (χ1) is 28.5. The Morgan fingerprint density at radius 2 is 1.54 bits per heavy atom. The van der Waals surface area contributed by atoms with Crippen molar-refractivity contribution in [2.75, 3.05) is 14.2 Å². The lowest BCUT2D eigenvalue weighted by atomic mass is 9.75. The van der Waals surface area contributed by atoms with Gasteiger partial charge in [0.05, 0.1) is 78.7 Å². The van der Waals surface area contributed by atoms with Crippen LogP contribution in [-0.2, 0) is 52.2 Å². The van der Waals surface area contributed by atoms with Crippen LogP contribution in [0.15, 0.2) is 0 Å². The Morgan fingerprint density at radius 1 is 0.820 bits per heavy atom. The van der Waals surface area contributed by atoms with Gasteiger partial charge in [-0.3, -0.25) is 4.79 Å². The van der Waals surface area contributed by atoms with Crippen molar-refractivity contribution in [2.45, 2.75) is 235 Å². The van der Waals surface area contributed by atoms with Crippen molar-refractivity contribution in [1.82, 2.24) is 0 Å². The van der Waals surface area contributed by atoms with Crippen LogP contribution in [0.5, 0.6) is 0 Å². The SMILES string of the molecule is CO[C@@H]1[C@@H](O)[C@H](C)[C@@](O)(CC(=O)O)O[C@@H]1[C@H](C)[C@H]1O[C@@]2(CC[C@@](C)([C@H]3CC[C@@](C)([C@@H]4O[C@@H]([C@H]5O[C@](C)(O)[C@H](C)C[C@@H]5C)C[C@@H]4O[C@H]4CC[C@H](OC)[C@@H](C)O4)O3)O2)C[C@H](O)[C@H]1C. The predicted molar refractivity (Wildman–Crippen MR) is 217 cm³/mol. The van der Waals surface area contributed by atoms with Crippen molar-refractivity contribution in [3.63, 3.8) is 0 Å². The van der Waals surface area contributed by atoms with Crippen LogP contribution in [0, 0.1) is 29.6 Å². The van der Waals surface area contributed by atoms with E-state index in [1.54, 1.807) is 14.0 Å². The summed E-state index contributed by atoms with van der Waals surface area (Å²) in [5, 5.41) is 55.1. The Kier molecular flexibility index (Phi) is 13.8. The quantitative estimate of drug-likeness (QED) is 0.198. The van der Waals surface area contributed by atoms with Gasteiger partial charge in [0, 0.05) is 63.6 Å². The van der Waals surface area contributed by atoms with Gasteiger partial charge in [-0.1, -0.05) is 34.6 Å². The number of methoxy groups -OCH3 is 2. The zero-order valence-corrected chi connectivity index (χ0v) is 38.2. The molecule has 0 unspecified atom stereocenters. The van der Waals surface area contributed by atoms with Gasteiger partial charge in [-0.2, -0.15) is 0 Å². The van der Waals surface area contributed by atoms with Gasteiger partial charge >= 0.3 is 5.97 Å². The minimum Gasteiger partial charge on any atom is -0.481 e. The van der Waals surface area contributed by atoms with Gasteiger partial charge in [0.2, 0.25) is 0 Å². The van der Waals surface area contributed by atoms with Crippen molar-refractivity contribution < 1.29 is 77.7 Å². The Balaban J connectivity index is 1.08. The van der Waals surface area contributed by atoms with Gasteiger partial charge in [0.1, 0.15) is 12.2 Å². The zero-order valence-electron chi connectivity index (χ0n) is 38.2. The molecular weight excluding hydrogens is 796 g/mol. The molecule has 0 saturated carbocycles. The fourth-order valence-electron chi connectivity index (χ4n) is 12.0. The molecule has 7 heterocycles. The van der Waals surface area contributed by atoms with E-state index in [0.29, 0.717) is 38.5 Å². The van der Waals surface area contributed by atoms with E-state index in [2.05, 4.69) is 13.8 Å². The molecule has 7 aliphatic rings. The zero-order chi connectivity index (χ0) is 44.6. The van der Waals surface area contributed by atoms with Crippen molar-refractivity contribution >= 4 is 5.97 Å². The predicted octanol–water partition coefficient (Wildman–Crippen LogP) is 4.04. The van der Waals surface area contributed by atoms with Crippen LogP contribution in [0.4, 0.5) is 0 Å². The molecule has 7 fully saturated rings. The molecule has 0 radical (unpaired) electrons. The molecule has 0 aromatic heterocycles. The summed E-state index contributed by atoms with van der Waals surface area (Å²) in [7, 11) is 3.14. The maximum Gasteiger partial charge on any atom is 0.308 e. The summed E-state index contributed by atoms with van der Waals surface area (Å²) in [6.45, 7) is 17.3. The number of ether oxygens (including phenoxy) is 10. The highest BCUT2D eigenvalue weighted by atomic mass is 16.7. The van der Waals surface area contributed by atoms with Crippen LogP contribution in [0.3, 0.4) is 0 Å². The Bertz CT molecular complexity index is 1530. The molecule has 352 valence electrons. The summed E-state index contributed by atoms with van der Waals surface area (Å²) >= 11 is 0. The summed E-state index contributed by atoms with van der Waals surface area (Å²) in [5.74, 6) is -7.65. The average molecular weight is 873 g/mol. The van der Waals surface area contributed by atoms with Crippen molar-refractivity contribution in [3.8, 4) is 0 Å². The van der Waals surface area contributed by atoms with E-state index in [1.807, 2.05) is 34.6 Å². The third-order valence-corrected chi connectivity index (χ3v) is 16.2. The summed E-state index contributed by atoms with van der Waals surface area (Å²) in [4.78, 5) is 11.8. The van der Waals surface area contributed by atoms with Crippen LogP contribution >= 0.6 is 0 Å². The normalized spacial score (nSPS) is 54.9. The maximum atomic E-state index is 11.8. The number of aliphatic carboxylic acids is 1. The molecule has 0 aromatic carbocycles. The Morgan fingerprint density at radius 3 is 2.20 bits per heavy atom. The molecule has 1 spiro atoms.